The molecule has 4 rings (SSSR count). The first-order chi connectivity index (χ1) is 7.81. The van der Waals surface area contributed by atoms with Gasteiger partial charge in [-0.3, -0.25) is 0 Å². The van der Waals surface area contributed by atoms with Gasteiger partial charge >= 0.3 is 0 Å². The first kappa shape index (κ1) is 10.1. The molecule has 3 aliphatic rings. The second-order valence-electron chi connectivity index (χ2n) is 5.22. The molecule has 84 valence electrons. The first-order valence-corrected chi connectivity index (χ1v) is 6.27. The van der Waals surface area contributed by atoms with Crippen LogP contribution in [0.4, 0.5) is 0 Å². The third kappa shape index (κ3) is 1.35. The van der Waals surface area contributed by atoms with Crippen LogP contribution in [0.1, 0.15) is 42.9 Å². The van der Waals surface area contributed by atoms with Crippen molar-refractivity contribution in [3.05, 3.63) is 48.0 Å². The summed E-state index contributed by atoms with van der Waals surface area (Å²) >= 11 is 0. The maximum Gasteiger partial charge on any atom is 0.0328 e. The fourth-order valence-electron chi connectivity index (χ4n) is 3.61. The van der Waals surface area contributed by atoms with Crippen molar-refractivity contribution in [2.75, 3.05) is 0 Å². The topological polar surface area (TPSA) is 12.0 Å². The predicted molar refractivity (Wildman–Crippen MR) is 67.4 cm³/mol. The molecule has 2 heterocycles. The van der Waals surface area contributed by atoms with Crippen molar-refractivity contribution < 1.29 is 0 Å². The van der Waals surface area contributed by atoms with E-state index in [-0.39, 0.29) is 0 Å². The van der Waals surface area contributed by atoms with E-state index in [9.17, 15) is 0 Å². The zero-order valence-electron chi connectivity index (χ0n) is 9.82. The molecule has 1 nitrogen and oxygen atoms in total. The summed E-state index contributed by atoms with van der Waals surface area (Å²) in [5.41, 5.74) is 3.11. The maximum absolute atomic E-state index is 3.88. The van der Waals surface area contributed by atoms with Crippen LogP contribution < -0.4 is 5.32 Å². The molecular weight excluding hydrogens is 194 g/mol. The van der Waals surface area contributed by atoms with Gasteiger partial charge in [-0.05, 0) is 29.9 Å². The summed E-state index contributed by atoms with van der Waals surface area (Å²) in [6.45, 7) is 6.27. The van der Waals surface area contributed by atoms with Crippen LogP contribution in [0.25, 0.3) is 0 Å². The first-order valence-electron chi connectivity index (χ1n) is 6.27. The third-order valence-electron chi connectivity index (χ3n) is 4.22. The molecule has 0 radical (unpaired) electrons. The quantitative estimate of drug-likeness (QED) is 0.742. The Hall–Kier alpha value is -1.08. The summed E-state index contributed by atoms with van der Waals surface area (Å²) in [5, 5.41) is 3.77. The van der Waals surface area contributed by atoms with Gasteiger partial charge in [0.1, 0.15) is 0 Å². The van der Waals surface area contributed by atoms with Gasteiger partial charge in [-0.2, -0.15) is 0 Å². The number of hydrogen-bond acceptors (Lipinski definition) is 1. The highest BCUT2D eigenvalue weighted by Crippen LogP contribution is 2.48. The van der Waals surface area contributed by atoms with Crippen LogP contribution in [-0.4, -0.2) is 6.04 Å². The highest BCUT2D eigenvalue weighted by molar-refractivity contribution is 5.40. The van der Waals surface area contributed by atoms with Gasteiger partial charge in [0.2, 0.25) is 0 Å². The van der Waals surface area contributed by atoms with Gasteiger partial charge in [0, 0.05) is 18.0 Å². The van der Waals surface area contributed by atoms with Gasteiger partial charge in [-0.1, -0.05) is 37.3 Å². The molecule has 1 heteroatoms. The largest absolute Gasteiger partial charge is 0.306 e. The second kappa shape index (κ2) is 3.74. The van der Waals surface area contributed by atoms with Crippen molar-refractivity contribution in [1.29, 1.82) is 0 Å². The van der Waals surface area contributed by atoms with E-state index in [0.29, 0.717) is 18.0 Å². The third-order valence-corrected chi connectivity index (χ3v) is 4.22. The summed E-state index contributed by atoms with van der Waals surface area (Å²) < 4.78 is 0. The van der Waals surface area contributed by atoms with Crippen molar-refractivity contribution >= 4 is 0 Å². The Morgan fingerprint density at radius 2 is 2.12 bits per heavy atom. The van der Waals surface area contributed by atoms with Crippen molar-refractivity contribution in [1.82, 2.24) is 5.32 Å². The fourth-order valence-corrected chi connectivity index (χ4v) is 3.61. The molecule has 1 saturated heterocycles. The minimum absolute atomic E-state index is 0.571. The highest BCUT2D eigenvalue weighted by atomic mass is 15.0. The fraction of sp³-hybridized carbons (Fsp3) is 0.467. The Morgan fingerprint density at radius 3 is 2.88 bits per heavy atom. The minimum Gasteiger partial charge on any atom is -0.306 e. The van der Waals surface area contributed by atoms with E-state index >= 15 is 0 Å². The van der Waals surface area contributed by atoms with E-state index in [1.165, 1.54) is 12.0 Å². The lowest BCUT2D eigenvalue weighted by Crippen LogP contribution is -2.50. The van der Waals surface area contributed by atoms with E-state index in [4.69, 9.17) is 0 Å². The van der Waals surface area contributed by atoms with E-state index in [2.05, 4.69) is 43.1 Å². The van der Waals surface area contributed by atoms with E-state index in [1.54, 1.807) is 5.56 Å². The van der Waals surface area contributed by atoms with Crippen LogP contribution in [0.5, 0.6) is 0 Å². The van der Waals surface area contributed by atoms with Crippen LogP contribution in [0, 0.1) is 5.92 Å². The Kier molecular flexibility index (Phi) is 2.36. The van der Waals surface area contributed by atoms with Crippen molar-refractivity contribution in [3.63, 3.8) is 0 Å². The molecular formula is C15H19N. The van der Waals surface area contributed by atoms with Crippen molar-refractivity contribution in [3.8, 4) is 0 Å². The van der Waals surface area contributed by atoms with Crippen LogP contribution in [0.3, 0.4) is 0 Å². The molecule has 2 aliphatic heterocycles. The summed E-state index contributed by atoms with van der Waals surface area (Å²) in [6.07, 6.45) is 4.42. The molecule has 2 bridgehead atoms. The Morgan fingerprint density at radius 1 is 1.38 bits per heavy atom. The Labute approximate surface area is 97.6 Å². The number of benzene rings is 1. The van der Waals surface area contributed by atoms with Gasteiger partial charge in [0.05, 0.1) is 0 Å². The number of fused-ring (bicyclic) bond motifs is 2. The van der Waals surface area contributed by atoms with E-state index < -0.39 is 0 Å². The lowest BCUT2D eigenvalue weighted by atomic mass is 9.66. The van der Waals surface area contributed by atoms with E-state index in [0.717, 1.165) is 12.3 Å². The SMILES string of the molecule is C=CC[C@@H]1N[C@H]2CC(C)[C@@H]1c1ccccc12. The molecule has 0 saturated carbocycles. The Balaban J connectivity index is 2.05. The standard InChI is InChI=1S/C15H19N/c1-3-6-13-15-10(2)9-14(16-13)11-7-4-5-8-12(11)15/h3-5,7-8,10,13-16H,1,6,9H2,2H3/t10?,13-,14-,15+/m0/s1. The van der Waals surface area contributed by atoms with Crippen LogP contribution in [0.15, 0.2) is 36.9 Å². The van der Waals surface area contributed by atoms with Crippen LogP contribution >= 0.6 is 0 Å². The van der Waals surface area contributed by atoms with Crippen LogP contribution in [-0.2, 0) is 0 Å². The molecule has 1 aromatic rings. The lowest BCUT2D eigenvalue weighted by molar-refractivity contribution is 0.191. The molecule has 1 unspecified atom stereocenters. The normalized spacial score (nSPS) is 35.8. The average Bonchev–Trinajstić information content (AvgIpc) is 2.29. The van der Waals surface area contributed by atoms with Gasteiger partial charge in [-0.15, -0.1) is 6.58 Å². The highest BCUT2D eigenvalue weighted by Gasteiger charge is 2.42. The maximum atomic E-state index is 3.88. The molecule has 1 aromatic carbocycles. The number of hydrogen-bond donors (Lipinski definition) is 1. The number of piperidine rings is 1. The molecule has 0 aromatic heterocycles. The number of nitrogens with one attached hydrogen (secondary N) is 1. The molecule has 0 amide bonds. The smallest absolute Gasteiger partial charge is 0.0328 e. The molecule has 16 heavy (non-hydrogen) atoms. The monoisotopic (exact) mass is 213 g/mol. The van der Waals surface area contributed by atoms with Gasteiger partial charge in [0.25, 0.3) is 0 Å². The Bertz CT molecular complexity index is 410. The summed E-state index contributed by atoms with van der Waals surface area (Å²) in [7, 11) is 0. The second-order valence-corrected chi connectivity index (χ2v) is 5.22. The molecule has 4 atom stereocenters. The van der Waals surface area contributed by atoms with E-state index in [1.807, 2.05) is 6.08 Å². The van der Waals surface area contributed by atoms with Gasteiger partial charge < -0.3 is 5.32 Å². The molecule has 1 aliphatic carbocycles. The predicted octanol–water partition coefficient (Wildman–Crippen LogP) is 3.40. The molecule has 0 spiro atoms. The average molecular weight is 213 g/mol. The van der Waals surface area contributed by atoms with Gasteiger partial charge in [-0.25, -0.2) is 0 Å². The summed E-state index contributed by atoms with van der Waals surface area (Å²) in [5.74, 6) is 1.48. The summed E-state index contributed by atoms with van der Waals surface area (Å²) in [4.78, 5) is 0. The minimum atomic E-state index is 0.571. The van der Waals surface area contributed by atoms with Crippen molar-refractivity contribution in [2.24, 2.45) is 5.92 Å². The van der Waals surface area contributed by atoms with Crippen LogP contribution in [0.2, 0.25) is 0 Å². The molecule has 1 fully saturated rings. The summed E-state index contributed by atoms with van der Waals surface area (Å²) in [6, 6.07) is 10.1. The zero-order chi connectivity index (χ0) is 11.1. The molecule has 1 N–H and O–H groups in total. The zero-order valence-corrected chi connectivity index (χ0v) is 9.82. The van der Waals surface area contributed by atoms with Gasteiger partial charge in [0.15, 0.2) is 0 Å². The lowest BCUT2D eigenvalue weighted by Gasteiger charge is -2.48. The number of rotatable bonds is 2. The van der Waals surface area contributed by atoms with Crippen molar-refractivity contribution in [2.45, 2.75) is 37.8 Å².